The van der Waals surface area contributed by atoms with Gasteiger partial charge in [-0.2, -0.15) is 5.06 Å². The minimum absolute atomic E-state index is 0.316. The number of hydroxylamine groups is 2. The summed E-state index contributed by atoms with van der Waals surface area (Å²) in [6, 6.07) is 7.81. The molecule has 2 aliphatic rings. The van der Waals surface area contributed by atoms with Crippen molar-refractivity contribution in [1.29, 1.82) is 0 Å². The van der Waals surface area contributed by atoms with Crippen molar-refractivity contribution in [3.8, 4) is 11.5 Å². The number of para-hydroxylation sites is 2. The van der Waals surface area contributed by atoms with E-state index >= 15 is 0 Å². The topological polar surface area (TPSA) is 41.9 Å². The first-order chi connectivity index (χ1) is 9.86. The van der Waals surface area contributed by atoms with E-state index in [0.717, 1.165) is 24.3 Å². The summed E-state index contributed by atoms with van der Waals surface area (Å²) < 4.78 is 12.4. The molecule has 0 bridgehead atoms. The SMILES string of the molecule is CCC1(CC)CC2(CC(C)(C)N1O)Oc1ccccc1O2. The molecule has 4 nitrogen and oxygen atoms in total. The van der Waals surface area contributed by atoms with Gasteiger partial charge in [-0.3, -0.25) is 0 Å². The summed E-state index contributed by atoms with van der Waals surface area (Å²) in [6.07, 6.45) is 3.01. The molecule has 1 aromatic carbocycles. The minimum atomic E-state index is -0.668. The molecule has 1 aromatic rings. The molecule has 0 atom stereocenters. The van der Waals surface area contributed by atoms with Gasteiger partial charge in [0.1, 0.15) is 0 Å². The average molecular weight is 291 g/mol. The van der Waals surface area contributed by atoms with Crippen LogP contribution in [0.5, 0.6) is 11.5 Å². The summed E-state index contributed by atoms with van der Waals surface area (Å²) in [5.41, 5.74) is -0.712. The molecule has 1 N–H and O–H groups in total. The van der Waals surface area contributed by atoms with Crippen molar-refractivity contribution in [2.45, 2.75) is 70.2 Å². The number of rotatable bonds is 2. The van der Waals surface area contributed by atoms with Crippen molar-refractivity contribution >= 4 is 0 Å². The van der Waals surface area contributed by atoms with Gasteiger partial charge in [-0.15, -0.1) is 0 Å². The van der Waals surface area contributed by atoms with E-state index in [1.54, 1.807) is 5.06 Å². The van der Waals surface area contributed by atoms with E-state index < -0.39 is 11.3 Å². The van der Waals surface area contributed by atoms with Gasteiger partial charge in [0, 0.05) is 18.4 Å². The van der Waals surface area contributed by atoms with Crippen molar-refractivity contribution in [2.24, 2.45) is 0 Å². The van der Waals surface area contributed by atoms with Crippen molar-refractivity contribution in [3.63, 3.8) is 0 Å². The number of fused-ring (bicyclic) bond motifs is 1. The van der Waals surface area contributed by atoms with Crippen LogP contribution in [0.3, 0.4) is 0 Å². The molecule has 1 saturated heterocycles. The lowest BCUT2D eigenvalue weighted by Crippen LogP contribution is -2.68. The van der Waals surface area contributed by atoms with E-state index in [9.17, 15) is 5.21 Å². The second kappa shape index (κ2) is 4.62. The average Bonchev–Trinajstić information content (AvgIpc) is 2.79. The van der Waals surface area contributed by atoms with Crippen LogP contribution in [-0.4, -0.2) is 27.1 Å². The standard InChI is InChI=1S/C17H25NO3/c1-5-16(6-2)12-17(11-15(3,4)18(16)19)20-13-9-7-8-10-14(13)21-17/h7-10,19H,5-6,11-12H2,1-4H3. The Bertz CT molecular complexity index is 512. The van der Waals surface area contributed by atoms with Gasteiger partial charge in [-0.05, 0) is 38.8 Å². The van der Waals surface area contributed by atoms with E-state index in [1.807, 2.05) is 38.1 Å². The Labute approximate surface area is 126 Å². The Kier molecular flexibility index (Phi) is 3.22. The molecule has 2 heterocycles. The molecule has 0 amide bonds. The first kappa shape index (κ1) is 14.7. The molecular formula is C17H25NO3. The van der Waals surface area contributed by atoms with Crippen LogP contribution in [-0.2, 0) is 0 Å². The molecule has 2 aliphatic heterocycles. The quantitative estimate of drug-likeness (QED) is 0.895. The largest absolute Gasteiger partial charge is 0.448 e. The predicted octanol–water partition coefficient (Wildman–Crippen LogP) is 3.98. The Morgan fingerprint density at radius 2 is 1.57 bits per heavy atom. The molecule has 0 saturated carbocycles. The van der Waals surface area contributed by atoms with E-state index in [1.165, 1.54) is 0 Å². The fourth-order valence-corrected chi connectivity index (χ4v) is 4.00. The number of piperidine rings is 1. The molecule has 0 unspecified atom stereocenters. The fourth-order valence-electron chi connectivity index (χ4n) is 4.00. The zero-order valence-corrected chi connectivity index (χ0v) is 13.3. The van der Waals surface area contributed by atoms with Gasteiger partial charge in [0.2, 0.25) is 0 Å². The van der Waals surface area contributed by atoms with Crippen LogP contribution in [0, 0.1) is 0 Å². The maximum Gasteiger partial charge on any atom is 0.255 e. The number of ether oxygens (including phenoxy) is 2. The number of nitrogens with zero attached hydrogens (tertiary/aromatic N) is 1. The van der Waals surface area contributed by atoms with Crippen molar-refractivity contribution < 1.29 is 14.7 Å². The lowest BCUT2D eigenvalue weighted by atomic mass is 9.73. The van der Waals surface area contributed by atoms with Gasteiger partial charge in [0.15, 0.2) is 11.5 Å². The van der Waals surface area contributed by atoms with Gasteiger partial charge < -0.3 is 14.7 Å². The minimum Gasteiger partial charge on any atom is -0.448 e. The van der Waals surface area contributed by atoms with Gasteiger partial charge in [0.05, 0.1) is 5.54 Å². The van der Waals surface area contributed by atoms with Crippen LogP contribution >= 0.6 is 0 Å². The van der Waals surface area contributed by atoms with Crippen molar-refractivity contribution in [1.82, 2.24) is 5.06 Å². The van der Waals surface area contributed by atoms with Crippen LogP contribution in [0.2, 0.25) is 0 Å². The number of hydrogen-bond acceptors (Lipinski definition) is 4. The first-order valence-electron chi connectivity index (χ1n) is 7.83. The smallest absolute Gasteiger partial charge is 0.255 e. The Morgan fingerprint density at radius 3 is 2.05 bits per heavy atom. The molecule has 116 valence electrons. The summed E-state index contributed by atoms with van der Waals surface area (Å²) in [5.74, 6) is 0.944. The van der Waals surface area contributed by atoms with Gasteiger partial charge in [-0.25, -0.2) is 0 Å². The van der Waals surface area contributed by atoms with Crippen LogP contribution in [0.15, 0.2) is 24.3 Å². The maximum atomic E-state index is 10.7. The zero-order valence-electron chi connectivity index (χ0n) is 13.3. The molecule has 0 aliphatic carbocycles. The second-order valence-corrected chi connectivity index (χ2v) is 6.97. The molecule has 1 spiro atoms. The molecular weight excluding hydrogens is 266 g/mol. The highest BCUT2D eigenvalue weighted by Gasteiger charge is 2.59. The van der Waals surface area contributed by atoms with Crippen LogP contribution in [0.4, 0.5) is 0 Å². The van der Waals surface area contributed by atoms with Crippen LogP contribution in [0.1, 0.15) is 53.4 Å². The summed E-state index contributed by atoms with van der Waals surface area (Å²) >= 11 is 0. The molecule has 0 aromatic heterocycles. The van der Waals surface area contributed by atoms with Gasteiger partial charge in [0.25, 0.3) is 5.79 Å². The Hall–Kier alpha value is -1.26. The summed E-state index contributed by atoms with van der Waals surface area (Å²) in [6.45, 7) is 8.32. The summed E-state index contributed by atoms with van der Waals surface area (Å²) in [4.78, 5) is 0. The lowest BCUT2D eigenvalue weighted by Gasteiger charge is -2.56. The third-order valence-corrected chi connectivity index (χ3v) is 5.08. The van der Waals surface area contributed by atoms with E-state index in [4.69, 9.17) is 9.47 Å². The van der Waals surface area contributed by atoms with E-state index in [2.05, 4.69) is 13.8 Å². The highest BCUT2D eigenvalue weighted by molar-refractivity contribution is 5.43. The van der Waals surface area contributed by atoms with Gasteiger partial charge in [-0.1, -0.05) is 26.0 Å². The van der Waals surface area contributed by atoms with Gasteiger partial charge >= 0.3 is 0 Å². The van der Waals surface area contributed by atoms with Crippen LogP contribution < -0.4 is 9.47 Å². The maximum absolute atomic E-state index is 10.7. The molecule has 3 rings (SSSR count). The highest BCUT2D eigenvalue weighted by Crippen LogP contribution is 2.52. The molecule has 0 radical (unpaired) electrons. The van der Waals surface area contributed by atoms with Crippen molar-refractivity contribution in [2.75, 3.05) is 0 Å². The normalized spacial score (nSPS) is 25.2. The lowest BCUT2D eigenvalue weighted by molar-refractivity contribution is -0.306. The third kappa shape index (κ3) is 2.12. The van der Waals surface area contributed by atoms with E-state index in [-0.39, 0.29) is 5.54 Å². The van der Waals surface area contributed by atoms with E-state index in [0.29, 0.717) is 12.8 Å². The van der Waals surface area contributed by atoms with Crippen molar-refractivity contribution in [3.05, 3.63) is 24.3 Å². The molecule has 1 fully saturated rings. The Morgan fingerprint density at radius 1 is 1.05 bits per heavy atom. The number of hydrogen-bond donors (Lipinski definition) is 1. The number of benzene rings is 1. The summed E-state index contributed by atoms with van der Waals surface area (Å²) in [5, 5.41) is 12.3. The molecule has 21 heavy (non-hydrogen) atoms. The summed E-state index contributed by atoms with van der Waals surface area (Å²) in [7, 11) is 0. The highest BCUT2D eigenvalue weighted by atomic mass is 16.7. The Balaban J connectivity index is 1.99. The zero-order chi connectivity index (χ0) is 15.3. The predicted molar refractivity (Wildman–Crippen MR) is 80.7 cm³/mol. The molecule has 4 heteroatoms. The second-order valence-electron chi connectivity index (χ2n) is 6.97. The third-order valence-electron chi connectivity index (χ3n) is 5.08. The monoisotopic (exact) mass is 291 g/mol. The first-order valence-corrected chi connectivity index (χ1v) is 7.83. The fraction of sp³-hybridized carbons (Fsp3) is 0.647. The van der Waals surface area contributed by atoms with Crippen LogP contribution in [0.25, 0.3) is 0 Å².